The number of hydrogen-bond donors (Lipinski definition) is 0. The summed E-state index contributed by atoms with van der Waals surface area (Å²) >= 11 is 3.43. The molecule has 0 heterocycles. The largest absolute Gasteiger partial charge is 0.549 e. The Morgan fingerprint density at radius 3 is 2.50 bits per heavy atom. The zero-order valence-corrected chi connectivity index (χ0v) is 12.4. The summed E-state index contributed by atoms with van der Waals surface area (Å²) in [5, 5.41) is 0.997. The molecule has 1 aromatic carbocycles. The van der Waals surface area contributed by atoms with Crippen molar-refractivity contribution in [2.24, 2.45) is 0 Å². The van der Waals surface area contributed by atoms with Gasteiger partial charge < -0.3 is 13.3 Å². The third kappa shape index (κ3) is 4.25. The Balaban J connectivity index is 2.69. The fourth-order valence-electron chi connectivity index (χ4n) is 1.38. The summed E-state index contributed by atoms with van der Waals surface area (Å²) in [5.41, 5.74) is 1.20. The summed E-state index contributed by atoms with van der Waals surface area (Å²) in [6, 6.07) is 8.02. The predicted molar refractivity (Wildman–Crippen MR) is 70.4 cm³/mol. The molecule has 0 saturated carbocycles. The first-order valence-corrected chi connectivity index (χ1v) is 7.71. The fourth-order valence-corrected chi connectivity index (χ4v) is 2.48. The first-order chi connectivity index (χ1) is 7.81. The third-order valence-electron chi connectivity index (χ3n) is 2.16. The van der Waals surface area contributed by atoms with E-state index >= 15 is 0 Å². The molecule has 0 aliphatic heterocycles. The van der Waals surface area contributed by atoms with Crippen LogP contribution in [0.1, 0.15) is 12.0 Å². The minimum atomic E-state index is -1.99. The van der Waals surface area contributed by atoms with Gasteiger partial charge in [0.25, 0.3) is 0 Å². The van der Waals surface area contributed by atoms with Crippen LogP contribution in [0.25, 0.3) is 0 Å². The highest BCUT2D eigenvalue weighted by atomic mass is 79.9. The van der Waals surface area contributed by atoms with Crippen molar-refractivity contribution in [2.75, 3.05) is 19.5 Å². The van der Waals surface area contributed by atoms with Crippen molar-refractivity contribution in [1.82, 2.24) is 0 Å². The van der Waals surface area contributed by atoms with Gasteiger partial charge in [-0.05, 0) is 24.5 Å². The Hall–Kier alpha value is -0.363. The summed E-state index contributed by atoms with van der Waals surface area (Å²) in [4.78, 5) is 0. The van der Waals surface area contributed by atoms with Crippen LogP contribution in [0, 0.1) is 0 Å². The fraction of sp³-hybridized carbons (Fsp3) is 0.455. The average molecular weight is 305 g/mol. The molecule has 1 aromatic rings. The Labute approximate surface area is 107 Å². The molecule has 0 aliphatic carbocycles. The van der Waals surface area contributed by atoms with Crippen molar-refractivity contribution in [3.63, 3.8) is 0 Å². The summed E-state index contributed by atoms with van der Waals surface area (Å²) in [7, 11) is 1.23. The number of alkyl halides is 1. The SMILES string of the molecule is CO[SiH](OC)Oc1ccccc1CCCBr. The average Bonchev–Trinajstić information content (AvgIpc) is 2.34. The lowest BCUT2D eigenvalue weighted by Gasteiger charge is -2.16. The van der Waals surface area contributed by atoms with E-state index in [1.54, 1.807) is 14.2 Å². The van der Waals surface area contributed by atoms with Gasteiger partial charge in [-0.2, -0.15) is 0 Å². The van der Waals surface area contributed by atoms with E-state index in [0.717, 1.165) is 23.9 Å². The maximum absolute atomic E-state index is 5.72. The number of halogens is 1. The zero-order valence-electron chi connectivity index (χ0n) is 9.61. The van der Waals surface area contributed by atoms with Crippen molar-refractivity contribution in [2.45, 2.75) is 12.8 Å². The molecule has 0 fully saturated rings. The molecule has 0 unspecified atom stereocenters. The molecule has 0 aromatic heterocycles. The molecular weight excluding hydrogens is 288 g/mol. The first-order valence-electron chi connectivity index (χ1n) is 5.18. The molecule has 90 valence electrons. The summed E-state index contributed by atoms with van der Waals surface area (Å²) in [6.45, 7) is 0. The van der Waals surface area contributed by atoms with Crippen LogP contribution in [0.4, 0.5) is 0 Å². The van der Waals surface area contributed by atoms with E-state index in [-0.39, 0.29) is 0 Å². The highest BCUT2D eigenvalue weighted by Gasteiger charge is 2.14. The second-order valence-corrected chi connectivity index (χ2v) is 5.83. The topological polar surface area (TPSA) is 27.7 Å². The number of aryl methyl sites for hydroxylation is 1. The smallest absolute Gasteiger partial charge is 0.503 e. The monoisotopic (exact) mass is 304 g/mol. The molecule has 1 rings (SSSR count). The maximum atomic E-state index is 5.72. The summed E-state index contributed by atoms with van der Waals surface area (Å²) in [5.74, 6) is 0.879. The maximum Gasteiger partial charge on any atom is 0.549 e. The summed E-state index contributed by atoms with van der Waals surface area (Å²) < 4.78 is 16.0. The molecular formula is C11H17BrO3Si. The van der Waals surface area contributed by atoms with Gasteiger partial charge in [0.05, 0.1) is 0 Å². The molecule has 0 atom stereocenters. The Bertz CT molecular complexity index is 305. The van der Waals surface area contributed by atoms with E-state index in [9.17, 15) is 0 Å². The van der Waals surface area contributed by atoms with Crippen molar-refractivity contribution in [3.8, 4) is 5.75 Å². The van der Waals surface area contributed by atoms with Crippen LogP contribution in [0.3, 0.4) is 0 Å². The van der Waals surface area contributed by atoms with Crippen LogP contribution in [0.5, 0.6) is 5.75 Å². The number of para-hydroxylation sites is 1. The molecule has 16 heavy (non-hydrogen) atoms. The first kappa shape index (κ1) is 13.7. The lowest BCUT2D eigenvalue weighted by atomic mass is 10.1. The molecule has 3 nitrogen and oxygen atoms in total. The van der Waals surface area contributed by atoms with Gasteiger partial charge in [0.1, 0.15) is 5.75 Å². The van der Waals surface area contributed by atoms with Crippen LogP contribution in [0.15, 0.2) is 24.3 Å². The van der Waals surface area contributed by atoms with Crippen LogP contribution in [-0.2, 0) is 15.3 Å². The lowest BCUT2D eigenvalue weighted by Crippen LogP contribution is -2.27. The Morgan fingerprint density at radius 1 is 1.19 bits per heavy atom. The van der Waals surface area contributed by atoms with Crippen LogP contribution in [0.2, 0.25) is 0 Å². The minimum Gasteiger partial charge on any atom is -0.503 e. The molecule has 0 saturated heterocycles. The van der Waals surface area contributed by atoms with Gasteiger partial charge in [-0.15, -0.1) is 0 Å². The predicted octanol–water partition coefficient (Wildman–Crippen LogP) is 2.40. The van der Waals surface area contributed by atoms with Gasteiger partial charge in [0, 0.05) is 19.5 Å². The Kier molecular flexibility index (Phi) is 6.71. The van der Waals surface area contributed by atoms with E-state index in [0.29, 0.717) is 0 Å². The van der Waals surface area contributed by atoms with Gasteiger partial charge in [0.15, 0.2) is 0 Å². The molecule has 0 amide bonds. The van der Waals surface area contributed by atoms with Gasteiger partial charge in [0.2, 0.25) is 0 Å². The van der Waals surface area contributed by atoms with E-state index in [2.05, 4.69) is 22.0 Å². The molecule has 0 bridgehead atoms. The standard InChI is InChI=1S/C11H17BrO3Si/c1-13-16(14-2)15-11-8-4-3-6-10(11)7-5-9-12/h3-4,6,8,16H,5,7,9H2,1-2H3. The van der Waals surface area contributed by atoms with Gasteiger partial charge in [-0.25, -0.2) is 0 Å². The number of rotatable bonds is 7. The van der Waals surface area contributed by atoms with E-state index < -0.39 is 9.53 Å². The minimum absolute atomic E-state index is 0.879. The molecule has 5 heteroatoms. The molecule has 0 aliphatic rings. The Morgan fingerprint density at radius 2 is 1.88 bits per heavy atom. The highest BCUT2D eigenvalue weighted by Crippen LogP contribution is 2.20. The molecule has 0 spiro atoms. The molecule has 0 radical (unpaired) electrons. The third-order valence-corrected chi connectivity index (χ3v) is 3.94. The van der Waals surface area contributed by atoms with Crippen LogP contribution < -0.4 is 4.43 Å². The van der Waals surface area contributed by atoms with Crippen molar-refractivity contribution >= 4 is 25.5 Å². The van der Waals surface area contributed by atoms with Crippen LogP contribution in [-0.4, -0.2) is 29.1 Å². The van der Waals surface area contributed by atoms with Gasteiger partial charge in [-0.1, -0.05) is 34.1 Å². The lowest BCUT2D eigenvalue weighted by molar-refractivity contribution is 0.201. The normalized spacial score (nSPS) is 10.8. The number of benzene rings is 1. The molecule has 0 N–H and O–H groups in total. The second kappa shape index (κ2) is 7.84. The second-order valence-electron chi connectivity index (χ2n) is 3.28. The van der Waals surface area contributed by atoms with E-state index in [1.807, 2.05) is 18.2 Å². The summed E-state index contributed by atoms with van der Waals surface area (Å²) in [6.07, 6.45) is 2.09. The van der Waals surface area contributed by atoms with Crippen molar-refractivity contribution in [1.29, 1.82) is 0 Å². The quantitative estimate of drug-likeness (QED) is 0.572. The van der Waals surface area contributed by atoms with Crippen LogP contribution >= 0.6 is 15.9 Å². The van der Waals surface area contributed by atoms with E-state index in [4.69, 9.17) is 13.3 Å². The van der Waals surface area contributed by atoms with Gasteiger partial charge >= 0.3 is 9.53 Å². The zero-order chi connectivity index (χ0) is 11.8. The van der Waals surface area contributed by atoms with Gasteiger partial charge in [-0.3, -0.25) is 0 Å². The van der Waals surface area contributed by atoms with Crippen molar-refractivity contribution < 1.29 is 13.3 Å². The van der Waals surface area contributed by atoms with E-state index in [1.165, 1.54) is 5.56 Å². The van der Waals surface area contributed by atoms with Crippen molar-refractivity contribution in [3.05, 3.63) is 29.8 Å². The highest BCUT2D eigenvalue weighted by molar-refractivity contribution is 9.09. The number of hydrogen-bond acceptors (Lipinski definition) is 3.